The lowest BCUT2D eigenvalue weighted by Gasteiger charge is -2.18. The molecule has 21 heavy (non-hydrogen) atoms. The van der Waals surface area contributed by atoms with E-state index in [1.165, 1.54) is 6.07 Å². The molecule has 0 aliphatic heterocycles. The number of aromatic nitrogens is 2. The van der Waals surface area contributed by atoms with Gasteiger partial charge in [0.15, 0.2) is 0 Å². The van der Waals surface area contributed by atoms with Gasteiger partial charge in [0.1, 0.15) is 5.75 Å². The van der Waals surface area contributed by atoms with Gasteiger partial charge in [-0.25, -0.2) is 4.98 Å². The van der Waals surface area contributed by atoms with Crippen LogP contribution in [0.15, 0.2) is 36.8 Å². The smallest absolute Gasteiger partial charge is 0.387 e. The minimum absolute atomic E-state index is 0.100. The lowest BCUT2D eigenvalue weighted by atomic mass is 10.0. The Bertz CT molecular complexity index is 584. The maximum atomic E-state index is 12.5. The monoisotopic (exact) mass is 295 g/mol. The molecule has 1 heterocycles. The summed E-state index contributed by atoms with van der Waals surface area (Å²) < 4.78 is 31.3. The van der Waals surface area contributed by atoms with Crippen LogP contribution < -0.4 is 10.5 Å². The van der Waals surface area contributed by atoms with Gasteiger partial charge in [0.25, 0.3) is 0 Å². The molecule has 2 N–H and O–H groups in total. The van der Waals surface area contributed by atoms with Gasteiger partial charge in [-0.3, -0.25) is 4.57 Å². The first-order chi connectivity index (χ1) is 9.99. The van der Waals surface area contributed by atoms with Gasteiger partial charge in [-0.15, -0.1) is 0 Å². The van der Waals surface area contributed by atoms with Gasteiger partial charge in [0, 0.05) is 6.04 Å². The van der Waals surface area contributed by atoms with E-state index in [1.807, 2.05) is 0 Å². The minimum atomic E-state index is -2.87. The van der Waals surface area contributed by atoms with E-state index in [4.69, 9.17) is 5.73 Å². The molecule has 114 valence electrons. The van der Waals surface area contributed by atoms with E-state index in [2.05, 4.69) is 23.6 Å². The largest absolute Gasteiger partial charge is 0.433 e. The molecule has 0 spiro atoms. The molecule has 1 atom stereocenters. The summed E-state index contributed by atoms with van der Waals surface area (Å²) >= 11 is 0. The van der Waals surface area contributed by atoms with Crippen molar-refractivity contribution >= 4 is 0 Å². The number of halogens is 2. The van der Waals surface area contributed by atoms with E-state index in [1.54, 1.807) is 35.3 Å². The van der Waals surface area contributed by atoms with E-state index in [0.29, 0.717) is 11.6 Å². The first-order valence-corrected chi connectivity index (χ1v) is 6.81. The topological polar surface area (TPSA) is 53.1 Å². The Morgan fingerprint density at radius 3 is 2.67 bits per heavy atom. The van der Waals surface area contributed by atoms with Crippen molar-refractivity contribution in [3.05, 3.63) is 42.5 Å². The van der Waals surface area contributed by atoms with E-state index in [9.17, 15) is 8.78 Å². The van der Waals surface area contributed by atoms with Crippen LogP contribution in [0.3, 0.4) is 0 Å². The van der Waals surface area contributed by atoms with Crippen LogP contribution in [-0.2, 0) is 0 Å². The molecule has 1 unspecified atom stereocenters. The van der Waals surface area contributed by atoms with Crippen LogP contribution in [0.25, 0.3) is 5.69 Å². The second kappa shape index (κ2) is 6.67. The summed E-state index contributed by atoms with van der Waals surface area (Å²) in [6, 6.07) is 6.38. The van der Waals surface area contributed by atoms with E-state index >= 15 is 0 Å². The normalized spacial score (nSPS) is 12.9. The van der Waals surface area contributed by atoms with Crippen LogP contribution in [0.1, 0.15) is 32.0 Å². The summed E-state index contributed by atoms with van der Waals surface area (Å²) in [5, 5.41) is 0. The van der Waals surface area contributed by atoms with E-state index in [0.717, 1.165) is 12.1 Å². The van der Waals surface area contributed by atoms with Gasteiger partial charge in [-0.1, -0.05) is 26.0 Å². The third kappa shape index (κ3) is 3.78. The number of hydrogen-bond acceptors (Lipinski definition) is 3. The molecule has 0 saturated carbocycles. The summed E-state index contributed by atoms with van der Waals surface area (Å²) in [4.78, 5) is 4.09. The molecule has 0 saturated heterocycles. The Hall–Kier alpha value is -1.95. The maximum absolute atomic E-state index is 12.5. The molecule has 2 rings (SSSR count). The highest BCUT2D eigenvalue weighted by molar-refractivity contribution is 5.47. The molecule has 0 aliphatic rings. The van der Waals surface area contributed by atoms with Crippen molar-refractivity contribution in [3.8, 4) is 11.4 Å². The van der Waals surface area contributed by atoms with Gasteiger partial charge < -0.3 is 10.5 Å². The van der Waals surface area contributed by atoms with Crippen molar-refractivity contribution in [2.45, 2.75) is 32.9 Å². The second-order valence-electron chi connectivity index (χ2n) is 5.27. The number of rotatable bonds is 6. The van der Waals surface area contributed by atoms with Crippen molar-refractivity contribution in [1.29, 1.82) is 0 Å². The molecule has 0 radical (unpaired) electrons. The zero-order valence-electron chi connectivity index (χ0n) is 12.0. The van der Waals surface area contributed by atoms with Gasteiger partial charge in [-0.05, 0) is 24.5 Å². The Morgan fingerprint density at radius 2 is 2.00 bits per heavy atom. The lowest BCUT2D eigenvalue weighted by molar-refractivity contribution is -0.0498. The predicted molar refractivity (Wildman–Crippen MR) is 76.6 cm³/mol. The molecule has 0 fully saturated rings. The number of nitrogens with two attached hydrogens (primary N) is 1. The van der Waals surface area contributed by atoms with Crippen molar-refractivity contribution in [1.82, 2.24) is 9.55 Å². The highest BCUT2D eigenvalue weighted by Crippen LogP contribution is 2.28. The number of nitrogens with zero attached hydrogens (tertiary/aromatic N) is 2. The van der Waals surface area contributed by atoms with Gasteiger partial charge in [0.05, 0.1) is 23.9 Å². The molecular weight excluding hydrogens is 276 g/mol. The molecule has 2 aromatic rings. The number of benzene rings is 1. The average Bonchev–Trinajstić information content (AvgIpc) is 2.87. The van der Waals surface area contributed by atoms with Crippen LogP contribution in [0.2, 0.25) is 0 Å². The first-order valence-electron chi connectivity index (χ1n) is 6.81. The number of para-hydroxylation sites is 2. The standard InChI is InChI=1S/C15H19F2N3O/c1-10(2)7-11(18)13-8-19-9-20(13)12-5-3-4-6-14(12)21-15(16)17/h3-6,8-11,15H,7,18H2,1-2H3. The molecule has 0 amide bonds. The zero-order chi connectivity index (χ0) is 15.4. The Morgan fingerprint density at radius 1 is 1.29 bits per heavy atom. The third-order valence-electron chi connectivity index (χ3n) is 3.11. The van der Waals surface area contributed by atoms with Crippen LogP contribution >= 0.6 is 0 Å². The molecule has 0 bridgehead atoms. The summed E-state index contributed by atoms with van der Waals surface area (Å²) in [7, 11) is 0. The van der Waals surface area contributed by atoms with Gasteiger partial charge >= 0.3 is 6.61 Å². The number of ether oxygens (including phenoxy) is 1. The Balaban J connectivity index is 2.37. The van der Waals surface area contributed by atoms with Crippen LogP contribution in [0.5, 0.6) is 5.75 Å². The summed E-state index contributed by atoms with van der Waals surface area (Å²) in [6.07, 6.45) is 4.00. The molecule has 4 nitrogen and oxygen atoms in total. The van der Waals surface area contributed by atoms with Crippen LogP contribution in [0.4, 0.5) is 8.78 Å². The third-order valence-corrected chi connectivity index (χ3v) is 3.11. The Kier molecular flexibility index (Phi) is 4.90. The SMILES string of the molecule is CC(C)CC(N)c1cncn1-c1ccccc1OC(F)F. The molecule has 6 heteroatoms. The Labute approximate surface area is 122 Å². The van der Waals surface area contributed by atoms with Crippen molar-refractivity contribution in [3.63, 3.8) is 0 Å². The fraction of sp³-hybridized carbons (Fsp3) is 0.400. The fourth-order valence-electron chi connectivity index (χ4n) is 2.26. The van der Waals surface area contributed by atoms with Crippen LogP contribution in [0, 0.1) is 5.92 Å². The summed E-state index contributed by atoms with van der Waals surface area (Å²) in [6.45, 7) is 1.28. The maximum Gasteiger partial charge on any atom is 0.387 e. The predicted octanol–water partition coefficient (Wildman–Crippen LogP) is 3.52. The second-order valence-corrected chi connectivity index (χ2v) is 5.27. The van der Waals surface area contributed by atoms with E-state index in [-0.39, 0.29) is 11.8 Å². The number of alkyl halides is 2. The van der Waals surface area contributed by atoms with E-state index < -0.39 is 6.61 Å². The molecule has 1 aromatic heterocycles. The van der Waals surface area contributed by atoms with Crippen molar-refractivity contribution in [2.24, 2.45) is 11.7 Å². The number of imidazole rings is 1. The van der Waals surface area contributed by atoms with Crippen LogP contribution in [-0.4, -0.2) is 16.2 Å². The highest BCUT2D eigenvalue weighted by atomic mass is 19.3. The fourth-order valence-corrected chi connectivity index (χ4v) is 2.26. The lowest BCUT2D eigenvalue weighted by Crippen LogP contribution is -2.17. The molecule has 0 aliphatic carbocycles. The van der Waals surface area contributed by atoms with Crippen molar-refractivity contribution in [2.75, 3.05) is 0 Å². The summed E-state index contributed by atoms with van der Waals surface area (Å²) in [5.74, 6) is 0.527. The van der Waals surface area contributed by atoms with Crippen molar-refractivity contribution < 1.29 is 13.5 Å². The van der Waals surface area contributed by atoms with Gasteiger partial charge in [-0.2, -0.15) is 8.78 Å². The average molecular weight is 295 g/mol. The quantitative estimate of drug-likeness (QED) is 0.887. The summed E-state index contributed by atoms with van der Waals surface area (Å²) in [5.41, 5.74) is 7.46. The molecule has 1 aromatic carbocycles. The zero-order valence-corrected chi connectivity index (χ0v) is 12.0. The highest BCUT2D eigenvalue weighted by Gasteiger charge is 2.17. The number of hydrogen-bond donors (Lipinski definition) is 1. The molecular formula is C15H19F2N3O. The first kappa shape index (κ1) is 15.4. The minimum Gasteiger partial charge on any atom is -0.433 e. The van der Waals surface area contributed by atoms with Gasteiger partial charge in [0.2, 0.25) is 0 Å².